The van der Waals surface area contributed by atoms with E-state index in [4.69, 9.17) is 11.5 Å². The van der Waals surface area contributed by atoms with Crippen LogP contribution in [0.1, 0.15) is 79.9 Å². The van der Waals surface area contributed by atoms with Crippen molar-refractivity contribution in [3.63, 3.8) is 0 Å². The number of amides is 1. The maximum absolute atomic E-state index is 11.4. The second kappa shape index (κ2) is 9.30. The molecular formula is C20H28N6O. The number of anilines is 3. The van der Waals surface area contributed by atoms with E-state index in [0.29, 0.717) is 17.4 Å². The quantitative estimate of drug-likeness (QED) is 0.752. The SMILES string of the molecule is C1CCCCC1.NC(=O)c1nnc(N)cc1Nc1cccc(C2CCC2)n1. The van der Waals surface area contributed by atoms with Crippen LogP contribution in [-0.4, -0.2) is 21.1 Å². The van der Waals surface area contributed by atoms with Gasteiger partial charge >= 0.3 is 0 Å². The summed E-state index contributed by atoms with van der Waals surface area (Å²) in [7, 11) is 0. The number of primary amides is 1. The molecule has 0 saturated heterocycles. The molecular weight excluding hydrogens is 340 g/mol. The van der Waals surface area contributed by atoms with E-state index in [0.717, 1.165) is 5.69 Å². The van der Waals surface area contributed by atoms with Gasteiger partial charge in [0.15, 0.2) is 5.69 Å². The first-order valence-electron chi connectivity index (χ1n) is 9.80. The van der Waals surface area contributed by atoms with Crippen LogP contribution in [-0.2, 0) is 0 Å². The molecule has 7 nitrogen and oxygen atoms in total. The van der Waals surface area contributed by atoms with Gasteiger partial charge in [0.2, 0.25) is 0 Å². The first kappa shape index (κ1) is 19.1. The fourth-order valence-corrected chi connectivity index (χ4v) is 3.34. The first-order valence-corrected chi connectivity index (χ1v) is 9.80. The van der Waals surface area contributed by atoms with Crippen molar-refractivity contribution >= 4 is 23.2 Å². The van der Waals surface area contributed by atoms with Gasteiger partial charge in [-0.3, -0.25) is 4.79 Å². The Morgan fingerprint density at radius 3 is 2.22 bits per heavy atom. The van der Waals surface area contributed by atoms with E-state index in [-0.39, 0.29) is 11.5 Å². The minimum absolute atomic E-state index is 0.0417. The smallest absolute Gasteiger partial charge is 0.271 e. The average Bonchev–Trinajstić information content (AvgIpc) is 2.62. The fraction of sp³-hybridized carbons (Fsp3) is 0.500. The number of nitrogens with zero attached hydrogens (tertiary/aromatic N) is 3. The van der Waals surface area contributed by atoms with Crippen LogP contribution in [0.5, 0.6) is 0 Å². The van der Waals surface area contributed by atoms with Crippen LogP contribution in [0, 0.1) is 0 Å². The van der Waals surface area contributed by atoms with E-state index in [9.17, 15) is 4.79 Å². The van der Waals surface area contributed by atoms with Crippen LogP contribution >= 0.6 is 0 Å². The van der Waals surface area contributed by atoms with Gasteiger partial charge in [-0.15, -0.1) is 10.2 Å². The number of nitrogen functional groups attached to an aromatic ring is 1. The first-order chi connectivity index (χ1) is 13.1. The molecule has 0 atom stereocenters. The van der Waals surface area contributed by atoms with Crippen LogP contribution in [0.15, 0.2) is 24.3 Å². The molecule has 0 unspecified atom stereocenters. The summed E-state index contributed by atoms with van der Waals surface area (Å²) < 4.78 is 0. The van der Waals surface area contributed by atoms with Crippen molar-refractivity contribution in [2.24, 2.45) is 5.73 Å². The van der Waals surface area contributed by atoms with Gasteiger partial charge in [0.05, 0.1) is 5.69 Å². The van der Waals surface area contributed by atoms with Gasteiger partial charge < -0.3 is 16.8 Å². The van der Waals surface area contributed by atoms with Gasteiger partial charge in [0, 0.05) is 17.7 Å². The number of carbonyl (C=O) groups is 1. The van der Waals surface area contributed by atoms with Crippen LogP contribution < -0.4 is 16.8 Å². The van der Waals surface area contributed by atoms with Gasteiger partial charge in [-0.05, 0) is 25.0 Å². The molecule has 4 rings (SSSR count). The molecule has 2 aliphatic rings. The second-order valence-electron chi connectivity index (χ2n) is 7.22. The zero-order chi connectivity index (χ0) is 19.1. The van der Waals surface area contributed by atoms with Crippen molar-refractivity contribution in [2.45, 2.75) is 63.7 Å². The largest absolute Gasteiger partial charge is 0.382 e. The molecule has 2 aromatic heterocycles. The molecule has 1 amide bonds. The Bertz CT molecular complexity index is 759. The summed E-state index contributed by atoms with van der Waals surface area (Å²) in [5.74, 6) is 0.704. The number of carbonyl (C=O) groups excluding carboxylic acids is 1. The van der Waals surface area contributed by atoms with Crippen molar-refractivity contribution in [3.05, 3.63) is 35.7 Å². The van der Waals surface area contributed by atoms with Gasteiger partial charge in [-0.25, -0.2) is 4.98 Å². The predicted molar refractivity (Wildman–Crippen MR) is 107 cm³/mol. The Labute approximate surface area is 160 Å². The van der Waals surface area contributed by atoms with Crippen molar-refractivity contribution in [1.82, 2.24) is 15.2 Å². The minimum atomic E-state index is -0.667. The van der Waals surface area contributed by atoms with Crippen LogP contribution in [0.4, 0.5) is 17.3 Å². The Morgan fingerprint density at radius 2 is 1.67 bits per heavy atom. The molecule has 27 heavy (non-hydrogen) atoms. The van der Waals surface area contributed by atoms with Crippen molar-refractivity contribution in [2.75, 3.05) is 11.1 Å². The van der Waals surface area contributed by atoms with Crippen molar-refractivity contribution in [1.29, 1.82) is 0 Å². The molecule has 2 fully saturated rings. The highest BCUT2D eigenvalue weighted by Gasteiger charge is 2.21. The van der Waals surface area contributed by atoms with E-state index in [1.54, 1.807) is 0 Å². The molecule has 2 saturated carbocycles. The minimum Gasteiger partial charge on any atom is -0.382 e. The van der Waals surface area contributed by atoms with Crippen LogP contribution in [0.2, 0.25) is 0 Å². The molecule has 2 aromatic rings. The van der Waals surface area contributed by atoms with E-state index in [1.165, 1.54) is 63.9 Å². The Kier molecular flexibility index (Phi) is 6.57. The molecule has 0 spiro atoms. The summed E-state index contributed by atoms with van der Waals surface area (Å²) in [5, 5.41) is 10.4. The highest BCUT2D eigenvalue weighted by molar-refractivity contribution is 5.97. The van der Waals surface area contributed by atoms with Crippen LogP contribution in [0.25, 0.3) is 0 Å². The Morgan fingerprint density at radius 1 is 1.00 bits per heavy atom. The molecule has 7 heteroatoms. The molecule has 144 valence electrons. The van der Waals surface area contributed by atoms with E-state index in [2.05, 4.69) is 20.5 Å². The maximum Gasteiger partial charge on any atom is 0.271 e. The van der Waals surface area contributed by atoms with E-state index in [1.807, 2.05) is 18.2 Å². The van der Waals surface area contributed by atoms with Crippen molar-refractivity contribution < 1.29 is 4.79 Å². The monoisotopic (exact) mass is 368 g/mol. The Balaban J connectivity index is 0.000000299. The highest BCUT2D eigenvalue weighted by Crippen LogP contribution is 2.35. The number of pyridine rings is 1. The lowest BCUT2D eigenvalue weighted by Crippen LogP contribution is -2.17. The zero-order valence-electron chi connectivity index (χ0n) is 15.7. The third-order valence-corrected chi connectivity index (χ3v) is 5.10. The summed E-state index contributed by atoms with van der Waals surface area (Å²) >= 11 is 0. The number of aromatic nitrogens is 3. The van der Waals surface area contributed by atoms with Gasteiger partial charge in [-0.1, -0.05) is 51.0 Å². The summed E-state index contributed by atoms with van der Waals surface area (Å²) in [6.45, 7) is 0. The standard InChI is InChI=1S/C14H16N6O.C6H12/c15-11-7-10(13(14(16)21)20-19-11)18-12-6-2-5-9(17-12)8-3-1-4-8;1-2-4-6-5-3-1/h2,5-8H,1,3-4H2,(H2,16,21)(H3,15,17,18,19);1-6H2. The molecule has 0 bridgehead atoms. The third-order valence-electron chi connectivity index (χ3n) is 5.10. The van der Waals surface area contributed by atoms with Gasteiger partial charge in [0.1, 0.15) is 11.6 Å². The zero-order valence-corrected chi connectivity index (χ0v) is 15.7. The Hall–Kier alpha value is -2.70. The van der Waals surface area contributed by atoms with Crippen molar-refractivity contribution in [3.8, 4) is 0 Å². The third kappa shape index (κ3) is 5.39. The second-order valence-corrected chi connectivity index (χ2v) is 7.22. The van der Waals surface area contributed by atoms with Crippen LogP contribution in [0.3, 0.4) is 0 Å². The average molecular weight is 368 g/mol. The lowest BCUT2D eigenvalue weighted by atomic mass is 9.83. The molecule has 0 radical (unpaired) electrons. The number of hydrogen-bond acceptors (Lipinski definition) is 6. The predicted octanol–water partition coefficient (Wildman–Crippen LogP) is 3.90. The van der Waals surface area contributed by atoms with Gasteiger partial charge in [-0.2, -0.15) is 0 Å². The summed E-state index contributed by atoms with van der Waals surface area (Å²) in [6, 6.07) is 7.29. The van der Waals surface area contributed by atoms with E-state index >= 15 is 0 Å². The molecule has 2 heterocycles. The molecule has 0 aliphatic heterocycles. The molecule has 5 N–H and O–H groups in total. The van der Waals surface area contributed by atoms with E-state index < -0.39 is 5.91 Å². The number of rotatable bonds is 4. The molecule has 0 aromatic carbocycles. The summed E-state index contributed by atoms with van der Waals surface area (Å²) in [4.78, 5) is 15.9. The molecule has 2 aliphatic carbocycles. The lowest BCUT2D eigenvalue weighted by Gasteiger charge is -2.25. The maximum atomic E-state index is 11.4. The number of nitrogens with one attached hydrogen (secondary N) is 1. The summed E-state index contributed by atoms with van der Waals surface area (Å²) in [5.41, 5.74) is 12.4. The number of nitrogens with two attached hydrogens (primary N) is 2. The topological polar surface area (TPSA) is 120 Å². The highest BCUT2D eigenvalue weighted by atomic mass is 16.1. The number of hydrogen-bond donors (Lipinski definition) is 3. The lowest BCUT2D eigenvalue weighted by molar-refractivity contribution is 0.0995. The normalized spacial score (nSPS) is 16.6. The van der Waals surface area contributed by atoms with Gasteiger partial charge in [0.25, 0.3) is 5.91 Å². The fourth-order valence-electron chi connectivity index (χ4n) is 3.34. The summed E-state index contributed by atoms with van der Waals surface area (Å²) in [6.07, 6.45) is 12.6.